The van der Waals surface area contributed by atoms with E-state index in [0.717, 1.165) is 10.7 Å². The molecule has 1 N–H and O–H groups in total. The number of hydrogen-bond acceptors (Lipinski definition) is 5. The van der Waals surface area contributed by atoms with Crippen molar-refractivity contribution in [3.05, 3.63) is 33.5 Å². The van der Waals surface area contributed by atoms with Gasteiger partial charge in [0.15, 0.2) is 5.82 Å². The average Bonchev–Trinajstić information content (AvgIpc) is 3.08. The predicted molar refractivity (Wildman–Crippen MR) is 79.2 cm³/mol. The Hall–Kier alpha value is -1.73. The third kappa shape index (κ3) is 3.30. The number of amides is 1. The number of nitrogens with zero attached hydrogens (tertiary/aromatic N) is 3. The van der Waals surface area contributed by atoms with Crippen LogP contribution in [0.1, 0.15) is 27.5 Å². The number of ether oxygens (including phenoxy) is 1. The topological polar surface area (TPSA) is 71.1 Å². The van der Waals surface area contributed by atoms with E-state index in [0.29, 0.717) is 31.9 Å². The van der Waals surface area contributed by atoms with Crippen molar-refractivity contribution in [1.82, 2.24) is 20.1 Å². The summed E-state index contributed by atoms with van der Waals surface area (Å²) in [6, 6.07) is 4.07. The molecule has 3 rings (SSSR count). The van der Waals surface area contributed by atoms with Crippen LogP contribution in [0.4, 0.5) is 0 Å². The van der Waals surface area contributed by atoms with Crippen LogP contribution in [0.2, 0.25) is 0 Å². The quantitative estimate of drug-likeness (QED) is 0.935. The zero-order chi connectivity index (χ0) is 14.8. The van der Waals surface area contributed by atoms with Gasteiger partial charge in [0, 0.05) is 16.3 Å². The van der Waals surface area contributed by atoms with E-state index in [9.17, 15) is 4.79 Å². The van der Waals surface area contributed by atoms with E-state index in [4.69, 9.17) is 4.74 Å². The number of carbonyl (C=O) groups is 1. The summed E-state index contributed by atoms with van der Waals surface area (Å²) in [7, 11) is 0. The molecule has 0 spiro atoms. The van der Waals surface area contributed by atoms with Crippen molar-refractivity contribution in [2.45, 2.75) is 26.4 Å². The van der Waals surface area contributed by atoms with Crippen LogP contribution in [0.15, 0.2) is 12.1 Å². The molecule has 1 fully saturated rings. The van der Waals surface area contributed by atoms with Crippen LogP contribution in [0.25, 0.3) is 0 Å². The maximum absolute atomic E-state index is 12.4. The Bertz CT molecular complexity index is 636. The molecule has 0 saturated carbocycles. The van der Waals surface area contributed by atoms with Gasteiger partial charge in [0.25, 0.3) is 0 Å². The van der Waals surface area contributed by atoms with Crippen molar-refractivity contribution >= 4 is 17.2 Å². The van der Waals surface area contributed by atoms with Gasteiger partial charge >= 0.3 is 0 Å². The standard InChI is InChI=1S/C14H18N4O2S/c1-9-3-4-11(21-9)7-13(19)18-5-6-20-12(8-18)14-15-10(2)16-17-14/h3-4,12H,5-8H2,1-2H3,(H,15,16,17). The van der Waals surface area contributed by atoms with Crippen molar-refractivity contribution in [3.8, 4) is 0 Å². The number of aromatic amines is 1. The Morgan fingerprint density at radius 1 is 1.52 bits per heavy atom. The number of morpholine rings is 1. The number of H-pyrrole nitrogens is 1. The summed E-state index contributed by atoms with van der Waals surface area (Å²) in [4.78, 5) is 20.9. The van der Waals surface area contributed by atoms with Crippen LogP contribution in [0.3, 0.4) is 0 Å². The fraction of sp³-hybridized carbons (Fsp3) is 0.500. The normalized spacial score (nSPS) is 19.0. The van der Waals surface area contributed by atoms with Crippen LogP contribution in [-0.4, -0.2) is 45.7 Å². The van der Waals surface area contributed by atoms with Gasteiger partial charge in [-0.15, -0.1) is 11.3 Å². The Kier molecular flexibility index (Phi) is 4.03. The average molecular weight is 306 g/mol. The molecule has 0 aliphatic carbocycles. The first-order chi connectivity index (χ1) is 10.1. The van der Waals surface area contributed by atoms with E-state index in [-0.39, 0.29) is 12.0 Å². The summed E-state index contributed by atoms with van der Waals surface area (Å²) in [5.74, 6) is 1.51. The van der Waals surface area contributed by atoms with Gasteiger partial charge in [-0.3, -0.25) is 9.89 Å². The second-order valence-corrected chi connectivity index (χ2v) is 6.54. The first kappa shape index (κ1) is 14.2. The molecule has 2 aromatic heterocycles. The minimum absolute atomic E-state index is 0.136. The summed E-state index contributed by atoms with van der Waals surface area (Å²) in [6.45, 7) is 5.56. The van der Waals surface area contributed by atoms with Crippen LogP contribution in [-0.2, 0) is 16.0 Å². The SMILES string of the molecule is Cc1nc(C2CN(C(=O)Cc3ccc(C)s3)CCO2)n[nH]1. The number of aryl methyl sites for hydroxylation is 2. The summed E-state index contributed by atoms with van der Waals surface area (Å²) < 4.78 is 5.68. The molecule has 0 bridgehead atoms. The molecule has 2 aromatic rings. The van der Waals surface area contributed by atoms with Crippen molar-refractivity contribution in [2.24, 2.45) is 0 Å². The van der Waals surface area contributed by atoms with E-state index in [1.807, 2.05) is 24.0 Å². The molecule has 112 valence electrons. The first-order valence-corrected chi connectivity index (χ1v) is 7.77. The lowest BCUT2D eigenvalue weighted by atomic mass is 10.2. The lowest BCUT2D eigenvalue weighted by Crippen LogP contribution is -2.43. The minimum Gasteiger partial charge on any atom is -0.366 e. The van der Waals surface area contributed by atoms with E-state index in [1.165, 1.54) is 4.88 Å². The molecular weight excluding hydrogens is 288 g/mol. The van der Waals surface area contributed by atoms with Gasteiger partial charge in [-0.05, 0) is 26.0 Å². The Morgan fingerprint density at radius 3 is 3.05 bits per heavy atom. The van der Waals surface area contributed by atoms with E-state index >= 15 is 0 Å². The molecule has 0 aromatic carbocycles. The van der Waals surface area contributed by atoms with Crippen molar-refractivity contribution in [1.29, 1.82) is 0 Å². The monoisotopic (exact) mass is 306 g/mol. The fourth-order valence-corrected chi connectivity index (χ4v) is 3.26. The lowest BCUT2D eigenvalue weighted by Gasteiger charge is -2.31. The van der Waals surface area contributed by atoms with E-state index < -0.39 is 0 Å². The molecule has 3 heterocycles. The lowest BCUT2D eigenvalue weighted by molar-refractivity contribution is -0.138. The van der Waals surface area contributed by atoms with Crippen molar-refractivity contribution in [3.63, 3.8) is 0 Å². The molecule has 1 amide bonds. The van der Waals surface area contributed by atoms with Crippen LogP contribution in [0, 0.1) is 13.8 Å². The molecule has 0 radical (unpaired) electrons. The number of hydrogen-bond donors (Lipinski definition) is 1. The second-order valence-electron chi connectivity index (χ2n) is 5.17. The molecular formula is C14H18N4O2S. The summed E-state index contributed by atoms with van der Waals surface area (Å²) in [6.07, 6.45) is 0.218. The van der Waals surface area contributed by atoms with Gasteiger partial charge in [0.05, 0.1) is 19.6 Å². The highest BCUT2D eigenvalue weighted by atomic mass is 32.1. The molecule has 1 unspecified atom stereocenters. The van der Waals surface area contributed by atoms with Gasteiger partial charge in [0.1, 0.15) is 11.9 Å². The summed E-state index contributed by atoms with van der Waals surface area (Å²) >= 11 is 1.67. The first-order valence-electron chi connectivity index (χ1n) is 6.95. The molecule has 1 aliphatic rings. The zero-order valence-corrected chi connectivity index (χ0v) is 12.9. The molecule has 1 saturated heterocycles. The fourth-order valence-electron chi connectivity index (χ4n) is 2.38. The number of carbonyl (C=O) groups excluding carboxylic acids is 1. The van der Waals surface area contributed by atoms with E-state index in [2.05, 4.69) is 22.1 Å². The minimum atomic E-state index is -0.238. The predicted octanol–water partition coefficient (Wildman–Crippen LogP) is 1.63. The summed E-state index contributed by atoms with van der Waals surface area (Å²) in [5, 5.41) is 6.93. The van der Waals surface area contributed by atoms with Gasteiger partial charge in [-0.1, -0.05) is 0 Å². The molecule has 7 heteroatoms. The maximum Gasteiger partial charge on any atom is 0.228 e. The highest BCUT2D eigenvalue weighted by Crippen LogP contribution is 2.21. The third-order valence-corrected chi connectivity index (χ3v) is 4.44. The largest absolute Gasteiger partial charge is 0.366 e. The van der Waals surface area contributed by atoms with Gasteiger partial charge in [-0.2, -0.15) is 5.10 Å². The molecule has 1 atom stereocenters. The number of rotatable bonds is 3. The van der Waals surface area contributed by atoms with Gasteiger partial charge in [0.2, 0.25) is 5.91 Å². The zero-order valence-electron chi connectivity index (χ0n) is 12.1. The smallest absolute Gasteiger partial charge is 0.228 e. The second kappa shape index (κ2) is 5.95. The van der Waals surface area contributed by atoms with Gasteiger partial charge in [-0.25, -0.2) is 4.98 Å². The van der Waals surface area contributed by atoms with E-state index in [1.54, 1.807) is 11.3 Å². The Morgan fingerprint density at radius 2 is 2.38 bits per heavy atom. The highest BCUT2D eigenvalue weighted by molar-refractivity contribution is 7.12. The molecule has 6 nitrogen and oxygen atoms in total. The van der Waals surface area contributed by atoms with Crippen molar-refractivity contribution in [2.75, 3.05) is 19.7 Å². The number of nitrogens with one attached hydrogen (secondary N) is 1. The number of aromatic nitrogens is 3. The van der Waals surface area contributed by atoms with Crippen molar-refractivity contribution < 1.29 is 9.53 Å². The van der Waals surface area contributed by atoms with Crippen LogP contribution >= 0.6 is 11.3 Å². The Labute approximate surface area is 127 Å². The Balaban J connectivity index is 1.64. The number of thiophene rings is 1. The van der Waals surface area contributed by atoms with Gasteiger partial charge < -0.3 is 9.64 Å². The summed E-state index contributed by atoms with van der Waals surface area (Å²) in [5.41, 5.74) is 0. The van der Waals surface area contributed by atoms with Crippen LogP contribution in [0.5, 0.6) is 0 Å². The highest BCUT2D eigenvalue weighted by Gasteiger charge is 2.28. The third-order valence-electron chi connectivity index (χ3n) is 3.44. The van der Waals surface area contributed by atoms with Crippen LogP contribution < -0.4 is 0 Å². The molecule has 1 aliphatic heterocycles. The molecule has 21 heavy (non-hydrogen) atoms. The maximum atomic E-state index is 12.4.